The molecule has 2 rings (SSSR count). The minimum Gasteiger partial charge on any atom is -1.00 e. The third-order valence-corrected chi connectivity index (χ3v) is 5.40. The maximum absolute atomic E-state index is 6.26. The Morgan fingerprint density at radius 3 is 1.33 bits per heavy atom. The molecule has 0 bridgehead atoms. The summed E-state index contributed by atoms with van der Waals surface area (Å²) < 4.78 is 0. The lowest BCUT2D eigenvalue weighted by Gasteiger charge is -2.39. The van der Waals surface area contributed by atoms with Crippen molar-refractivity contribution in [1.29, 1.82) is 0 Å². The molecule has 0 aromatic rings. The van der Waals surface area contributed by atoms with Gasteiger partial charge in [-0.1, -0.05) is 0 Å². The van der Waals surface area contributed by atoms with Crippen molar-refractivity contribution in [1.82, 2.24) is 0 Å². The average molecular weight is 338 g/mol. The van der Waals surface area contributed by atoms with Gasteiger partial charge in [0.25, 0.3) is 0 Å². The quantitative estimate of drug-likeness (QED) is 0.492. The van der Waals surface area contributed by atoms with Crippen molar-refractivity contribution in [2.75, 3.05) is 0 Å². The van der Waals surface area contributed by atoms with E-state index in [1.165, 1.54) is 12.8 Å². The number of hydrogen-bond acceptors (Lipinski definition) is 2. The third-order valence-electron chi connectivity index (χ3n) is 4.39. The summed E-state index contributed by atoms with van der Waals surface area (Å²) in [7, 11) is 0. The summed E-state index contributed by atoms with van der Waals surface area (Å²) in [5, 5.41) is 0.311. The highest BCUT2D eigenvalue weighted by molar-refractivity contribution is 6.21. The van der Waals surface area contributed by atoms with Crippen molar-refractivity contribution >= 4 is 23.2 Å². The lowest BCUT2D eigenvalue weighted by atomic mass is 9.71. The van der Waals surface area contributed by atoms with Crippen LogP contribution in [-0.2, 0) is 0 Å². The van der Waals surface area contributed by atoms with Crippen molar-refractivity contribution in [2.45, 2.75) is 61.4 Å². The van der Waals surface area contributed by atoms with Crippen LogP contribution in [0.15, 0.2) is 0 Å². The second-order valence-corrected chi connectivity index (χ2v) is 6.63. The molecular weight excluding hydrogens is 314 g/mol. The first-order valence-corrected chi connectivity index (χ1v) is 7.24. The van der Waals surface area contributed by atoms with E-state index in [4.69, 9.17) is 34.7 Å². The Hall–Kier alpha value is 1.08. The Bertz CT molecular complexity index is 227. The largest absolute Gasteiger partial charge is 1.00 e. The van der Waals surface area contributed by atoms with Gasteiger partial charge in [0, 0.05) is 22.8 Å². The van der Waals surface area contributed by atoms with Crippen LogP contribution in [0.2, 0.25) is 0 Å². The van der Waals surface area contributed by atoms with Gasteiger partial charge in [-0.15, -0.1) is 23.2 Å². The van der Waals surface area contributed by atoms with Gasteiger partial charge < -0.3 is 36.3 Å². The molecule has 110 valence electrons. The number of nitrogens with two attached hydrogens (primary N) is 2. The molecule has 0 heterocycles. The van der Waals surface area contributed by atoms with Crippen LogP contribution < -0.4 is 36.3 Å². The molecular formula is C12H24Cl4N2. The van der Waals surface area contributed by atoms with Crippen molar-refractivity contribution in [2.24, 2.45) is 23.3 Å². The van der Waals surface area contributed by atoms with Crippen LogP contribution in [0, 0.1) is 11.8 Å². The first kappa shape index (κ1) is 19.1. The molecule has 0 spiro atoms. The monoisotopic (exact) mass is 336 g/mol. The van der Waals surface area contributed by atoms with Crippen LogP contribution in [0.5, 0.6) is 0 Å². The van der Waals surface area contributed by atoms with E-state index in [0.717, 1.165) is 37.5 Å². The van der Waals surface area contributed by atoms with Gasteiger partial charge in [-0.25, -0.2) is 0 Å². The molecule has 2 nitrogen and oxygen atoms in total. The fraction of sp³-hybridized carbons (Fsp3) is 1.00. The SMILES string of the molecule is NC1CCC(C2CCC(N)C(Cl)C2)CC1Cl.[Cl-].[Cl-].[H+].[H+]. The van der Waals surface area contributed by atoms with Gasteiger partial charge in [0.2, 0.25) is 0 Å². The number of hydrogen-bond donors (Lipinski definition) is 2. The van der Waals surface area contributed by atoms with Gasteiger partial charge in [-0.2, -0.15) is 0 Å². The fourth-order valence-corrected chi connectivity index (χ4v) is 3.90. The van der Waals surface area contributed by atoms with Crippen LogP contribution in [0.4, 0.5) is 0 Å². The summed E-state index contributed by atoms with van der Waals surface area (Å²) in [6, 6.07) is 0.381. The highest BCUT2D eigenvalue weighted by atomic mass is 35.5. The zero-order valence-corrected chi connectivity index (χ0v) is 13.4. The Labute approximate surface area is 135 Å². The van der Waals surface area contributed by atoms with Crippen LogP contribution in [0.3, 0.4) is 0 Å². The summed E-state index contributed by atoms with van der Waals surface area (Å²) in [5.41, 5.74) is 11.9. The second kappa shape index (κ2) is 8.39. The summed E-state index contributed by atoms with van der Waals surface area (Å²) in [4.78, 5) is 0. The van der Waals surface area contributed by atoms with E-state index >= 15 is 0 Å². The van der Waals surface area contributed by atoms with E-state index in [1.807, 2.05) is 0 Å². The molecule has 2 aliphatic carbocycles. The van der Waals surface area contributed by atoms with Crippen molar-refractivity contribution in [3.63, 3.8) is 0 Å². The van der Waals surface area contributed by atoms with Gasteiger partial charge in [0.15, 0.2) is 0 Å². The molecule has 6 heteroatoms. The minimum absolute atomic E-state index is 0. The summed E-state index contributed by atoms with van der Waals surface area (Å²) in [6.45, 7) is 0. The third kappa shape index (κ3) is 4.57. The molecule has 4 N–H and O–H groups in total. The van der Waals surface area contributed by atoms with Gasteiger partial charge >= 0.3 is 2.85 Å². The topological polar surface area (TPSA) is 52.0 Å². The van der Waals surface area contributed by atoms with Crippen molar-refractivity contribution in [3.8, 4) is 0 Å². The fourth-order valence-electron chi connectivity index (χ4n) is 3.19. The zero-order valence-electron chi connectivity index (χ0n) is 12.4. The summed E-state index contributed by atoms with van der Waals surface area (Å²) >= 11 is 12.5. The summed E-state index contributed by atoms with van der Waals surface area (Å²) in [5.74, 6) is 1.44. The van der Waals surface area contributed by atoms with E-state index in [2.05, 4.69) is 0 Å². The Morgan fingerprint density at radius 1 is 0.722 bits per heavy atom. The molecule has 2 aliphatic rings. The molecule has 6 atom stereocenters. The first-order valence-electron chi connectivity index (χ1n) is 6.37. The normalized spacial score (nSPS) is 44.7. The minimum atomic E-state index is 0. The lowest BCUT2D eigenvalue weighted by molar-refractivity contribution is -0.001000. The van der Waals surface area contributed by atoms with Crippen LogP contribution in [0.1, 0.15) is 41.4 Å². The Kier molecular flexibility index (Phi) is 8.89. The average Bonchev–Trinajstić information content (AvgIpc) is 2.26. The number of rotatable bonds is 1. The van der Waals surface area contributed by atoms with Gasteiger partial charge in [-0.05, 0) is 50.4 Å². The first-order chi connectivity index (χ1) is 7.58. The van der Waals surface area contributed by atoms with Crippen LogP contribution in [-0.4, -0.2) is 22.8 Å². The predicted octanol–water partition coefficient (Wildman–Crippen LogP) is -3.31. The van der Waals surface area contributed by atoms with Gasteiger partial charge in [-0.3, -0.25) is 0 Å². The van der Waals surface area contributed by atoms with Gasteiger partial charge in [0.05, 0.1) is 0 Å². The number of halogens is 4. The smallest absolute Gasteiger partial charge is 1.00 e. The van der Waals surface area contributed by atoms with E-state index in [0.29, 0.717) is 0 Å². The zero-order chi connectivity index (χ0) is 11.7. The standard InChI is InChI=1S/C12H22Cl2N2.2ClH/c13-9-5-7(1-3-11(9)15)8-2-4-12(16)10(14)6-8;;/h7-12H,1-6,15-16H2;2*1H. The maximum atomic E-state index is 6.26. The van der Waals surface area contributed by atoms with Crippen LogP contribution >= 0.6 is 23.2 Å². The molecule has 0 radical (unpaired) electrons. The molecule has 2 fully saturated rings. The number of alkyl halides is 2. The highest BCUT2D eigenvalue weighted by Gasteiger charge is 2.35. The molecule has 6 unspecified atom stereocenters. The molecule has 0 saturated heterocycles. The molecule has 2 saturated carbocycles. The molecule has 0 aromatic carbocycles. The Balaban J connectivity index is -0.000000722. The van der Waals surface area contributed by atoms with Crippen molar-refractivity contribution in [3.05, 3.63) is 0 Å². The summed E-state index contributed by atoms with van der Waals surface area (Å²) in [6.07, 6.45) is 6.68. The van der Waals surface area contributed by atoms with E-state index in [-0.39, 0.29) is 50.5 Å². The molecule has 18 heavy (non-hydrogen) atoms. The van der Waals surface area contributed by atoms with Crippen molar-refractivity contribution < 1.29 is 27.7 Å². The van der Waals surface area contributed by atoms with E-state index < -0.39 is 0 Å². The van der Waals surface area contributed by atoms with E-state index in [9.17, 15) is 0 Å². The predicted molar refractivity (Wildman–Crippen MR) is 72.1 cm³/mol. The van der Waals surface area contributed by atoms with Gasteiger partial charge in [0.1, 0.15) is 0 Å². The maximum Gasteiger partial charge on any atom is 1.00 e. The lowest BCUT2D eigenvalue weighted by Crippen LogP contribution is -3.00. The molecule has 0 aliphatic heterocycles. The molecule has 0 aromatic heterocycles. The van der Waals surface area contributed by atoms with Crippen LogP contribution in [0.25, 0.3) is 0 Å². The highest BCUT2D eigenvalue weighted by Crippen LogP contribution is 2.40. The Morgan fingerprint density at radius 2 is 1.06 bits per heavy atom. The molecule has 0 amide bonds. The second-order valence-electron chi connectivity index (χ2n) is 5.51. The van der Waals surface area contributed by atoms with E-state index in [1.54, 1.807) is 0 Å².